The molecule has 1 unspecified atom stereocenters. The van der Waals surface area contributed by atoms with E-state index in [-0.39, 0.29) is 12.0 Å². The number of amides is 1. The van der Waals surface area contributed by atoms with Crippen LogP contribution in [0.2, 0.25) is 5.15 Å². The van der Waals surface area contributed by atoms with E-state index in [1.165, 1.54) is 0 Å². The molecule has 0 radical (unpaired) electrons. The quantitative estimate of drug-likeness (QED) is 0.867. The van der Waals surface area contributed by atoms with Gasteiger partial charge in [0.25, 0.3) is 5.91 Å². The molecule has 6 heteroatoms. The Labute approximate surface area is 124 Å². The highest BCUT2D eigenvalue weighted by Gasteiger charge is 2.25. The molecule has 20 heavy (non-hydrogen) atoms. The zero-order valence-electron chi connectivity index (χ0n) is 11.9. The van der Waals surface area contributed by atoms with Gasteiger partial charge in [0, 0.05) is 32.3 Å². The Hall–Kier alpha value is -1.33. The van der Waals surface area contributed by atoms with Gasteiger partial charge in [-0.3, -0.25) is 4.79 Å². The van der Waals surface area contributed by atoms with Crippen molar-refractivity contribution in [2.45, 2.75) is 25.9 Å². The molecule has 1 aromatic rings. The molecule has 5 nitrogen and oxygen atoms in total. The molecule has 0 bridgehead atoms. The minimum absolute atomic E-state index is 0.0183. The number of carbonyl (C=O) groups is 1. The monoisotopic (exact) mass is 297 g/mol. The lowest BCUT2D eigenvalue weighted by Crippen LogP contribution is -2.43. The minimum atomic E-state index is -0.0183. The van der Waals surface area contributed by atoms with Gasteiger partial charge >= 0.3 is 0 Å². The predicted octanol–water partition coefficient (Wildman–Crippen LogP) is 2.42. The van der Waals surface area contributed by atoms with Crippen molar-refractivity contribution in [3.63, 3.8) is 0 Å². The second-order valence-corrected chi connectivity index (χ2v) is 5.17. The molecule has 1 saturated heterocycles. The van der Waals surface area contributed by atoms with Crippen molar-refractivity contribution in [3.05, 3.63) is 22.8 Å². The topological polar surface area (TPSA) is 54.5 Å². The lowest BCUT2D eigenvalue weighted by atomic mass is 10.1. The number of hydrogen-bond acceptors (Lipinski definition) is 4. The van der Waals surface area contributed by atoms with E-state index in [2.05, 4.69) is 10.3 Å². The van der Waals surface area contributed by atoms with Crippen LogP contribution in [0.25, 0.3) is 0 Å². The van der Waals surface area contributed by atoms with Gasteiger partial charge in [0.05, 0.1) is 6.10 Å². The van der Waals surface area contributed by atoms with Gasteiger partial charge in [-0.15, -0.1) is 0 Å². The summed E-state index contributed by atoms with van der Waals surface area (Å²) < 4.78 is 5.62. The number of nitrogens with zero attached hydrogens (tertiary/aromatic N) is 2. The maximum Gasteiger partial charge on any atom is 0.254 e. The van der Waals surface area contributed by atoms with Crippen LogP contribution in [0.3, 0.4) is 0 Å². The number of carbonyl (C=O) groups excluding carboxylic acids is 1. The van der Waals surface area contributed by atoms with Crippen molar-refractivity contribution in [2.75, 3.05) is 32.1 Å². The molecular formula is C14H20ClN3O2. The number of aromatic nitrogens is 1. The fourth-order valence-electron chi connectivity index (χ4n) is 2.43. The van der Waals surface area contributed by atoms with Crippen LogP contribution in [-0.2, 0) is 4.74 Å². The van der Waals surface area contributed by atoms with E-state index in [0.717, 1.165) is 19.4 Å². The van der Waals surface area contributed by atoms with Crippen LogP contribution in [0.4, 0.5) is 5.82 Å². The molecule has 2 rings (SSSR count). The van der Waals surface area contributed by atoms with Crippen LogP contribution in [0.1, 0.15) is 30.1 Å². The first-order valence-corrected chi connectivity index (χ1v) is 7.28. The summed E-state index contributed by atoms with van der Waals surface area (Å²) in [5.41, 5.74) is 0.562. The number of pyridine rings is 1. The van der Waals surface area contributed by atoms with Crippen LogP contribution in [0, 0.1) is 0 Å². The zero-order chi connectivity index (χ0) is 14.5. The maximum atomic E-state index is 12.5. The summed E-state index contributed by atoms with van der Waals surface area (Å²) in [6.45, 7) is 4.05. The van der Waals surface area contributed by atoms with Gasteiger partial charge in [0.15, 0.2) is 0 Å². The molecule has 0 aliphatic carbocycles. The van der Waals surface area contributed by atoms with Crippen molar-refractivity contribution < 1.29 is 9.53 Å². The van der Waals surface area contributed by atoms with E-state index in [4.69, 9.17) is 16.3 Å². The van der Waals surface area contributed by atoms with Gasteiger partial charge in [0.2, 0.25) is 0 Å². The molecule has 1 amide bonds. The maximum absolute atomic E-state index is 12.5. The molecule has 0 aromatic carbocycles. The molecular weight excluding hydrogens is 278 g/mol. The number of ether oxygens (including phenoxy) is 1. The highest BCUT2D eigenvalue weighted by atomic mass is 35.5. The molecule has 1 fully saturated rings. The van der Waals surface area contributed by atoms with Crippen LogP contribution in [0.15, 0.2) is 12.1 Å². The van der Waals surface area contributed by atoms with Crippen LogP contribution in [-0.4, -0.2) is 48.6 Å². The van der Waals surface area contributed by atoms with E-state index >= 15 is 0 Å². The standard InChI is InChI=1S/C14H20ClN3O2/c1-3-20-11-5-4-6-18(9-11)14(19)10-7-12(15)17-13(8-10)16-2/h7-8,11H,3-6,9H2,1-2H3,(H,16,17). The first-order chi connectivity index (χ1) is 9.63. The summed E-state index contributed by atoms with van der Waals surface area (Å²) in [4.78, 5) is 18.4. The zero-order valence-corrected chi connectivity index (χ0v) is 12.6. The fourth-order valence-corrected chi connectivity index (χ4v) is 2.63. The Bertz CT molecular complexity index is 479. The van der Waals surface area contributed by atoms with Gasteiger partial charge in [-0.2, -0.15) is 0 Å². The first kappa shape index (κ1) is 15.1. The first-order valence-electron chi connectivity index (χ1n) is 6.90. The second-order valence-electron chi connectivity index (χ2n) is 4.78. The van der Waals surface area contributed by atoms with Crippen LogP contribution < -0.4 is 5.32 Å². The Morgan fingerprint density at radius 2 is 2.40 bits per heavy atom. The van der Waals surface area contributed by atoms with Gasteiger partial charge in [-0.1, -0.05) is 11.6 Å². The van der Waals surface area contributed by atoms with Crippen molar-refractivity contribution in [1.29, 1.82) is 0 Å². The smallest absolute Gasteiger partial charge is 0.254 e. The largest absolute Gasteiger partial charge is 0.377 e. The van der Waals surface area contributed by atoms with Crippen LogP contribution >= 0.6 is 11.6 Å². The average Bonchev–Trinajstić information content (AvgIpc) is 2.46. The van der Waals surface area contributed by atoms with E-state index in [0.29, 0.717) is 29.7 Å². The Morgan fingerprint density at radius 1 is 1.60 bits per heavy atom. The number of hydrogen-bond donors (Lipinski definition) is 1. The molecule has 2 heterocycles. The SMILES string of the molecule is CCOC1CCCN(C(=O)c2cc(Cl)nc(NC)c2)C1. The van der Waals surface area contributed by atoms with Gasteiger partial charge in [-0.25, -0.2) is 4.98 Å². The van der Waals surface area contributed by atoms with Crippen molar-refractivity contribution in [2.24, 2.45) is 0 Å². The average molecular weight is 298 g/mol. The summed E-state index contributed by atoms with van der Waals surface area (Å²) in [6, 6.07) is 3.33. The van der Waals surface area contributed by atoms with E-state index < -0.39 is 0 Å². The van der Waals surface area contributed by atoms with Gasteiger partial charge in [-0.05, 0) is 31.9 Å². The lowest BCUT2D eigenvalue weighted by molar-refractivity contribution is 0.00724. The summed E-state index contributed by atoms with van der Waals surface area (Å²) >= 11 is 5.94. The number of rotatable bonds is 4. The van der Waals surface area contributed by atoms with Crippen molar-refractivity contribution >= 4 is 23.3 Å². The minimum Gasteiger partial charge on any atom is -0.377 e. The predicted molar refractivity (Wildman–Crippen MR) is 79.3 cm³/mol. The molecule has 1 aromatic heterocycles. The Balaban J connectivity index is 2.12. The molecule has 1 aliphatic heterocycles. The summed E-state index contributed by atoms with van der Waals surface area (Å²) in [7, 11) is 1.75. The number of anilines is 1. The highest BCUT2D eigenvalue weighted by Crippen LogP contribution is 2.19. The normalized spacial score (nSPS) is 18.9. The Morgan fingerprint density at radius 3 is 3.10 bits per heavy atom. The van der Waals surface area contributed by atoms with E-state index in [1.54, 1.807) is 19.2 Å². The van der Waals surface area contributed by atoms with E-state index in [9.17, 15) is 4.79 Å². The number of nitrogens with one attached hydrogen (secondary N) is 1. The molecule has 1 atom stereocenters. The third kappa shape index (κ3) is 3.61. The molecule has 0 saturated carbocycles. The number of halogens is 1. The highest BCUT2D eigenvalue weighted by molar-refractivity contribution is 6.29. The fraction of sp³-hybridized carbons (Fsp3) is 0.571. The summed E-state index contributed by atoms with van der Waals surface area (Å²) in [5.74, 6) is 0.578. The molecule has 1 N–H and O–H groups in total. The van der Waals surface area contributed by atoms with Gasteiger partial charge in [0.1, 0.15) is 11.0 Å². The molecule has 1 aliphatic rings. The number of likely N-dealkylation sites (tertiary alicyclic amines) is 1. The van der Waals surface area contributed by atoms with Gasteiger partial charge < -0.3 is 15.0 Å². The van der Waals surface area contributed by atoms with E-state index in [1.807, 2.05) is 11.8 Å². The molecule has 110 valence electrons. The summed E-state index contributed by atoms with van der Waals surface area (Å²) in [6.07, 6.45) is 2.11. The number of piperidine rings is 1. The van der Waals surface area contributed by atoms with Crippen molar-refractivity contribution in [1.82, 2.24) is 9.88 Å². The lowest BCUT2D eigenvalue weighted by Gasteiger charge is -2.32. The van der Waals surface area contributed by atoms with Crippen LogP contribution in [0.5, 0.6) is 0 Å². The second kappa shape index (κ2) is 6.90. The molecule has 0 spiro atoms. The summed E-state index contributed by atoms with van der Waals surface area (Å²) in [5, 5.41) is 3.22. The Kier molecular flexibility index (Phi) is 5.20. The van der Waals surface area contributed by atoms with Crippen molar-refractivity contribution in [3.8, 4) is 0 Å². The third-order valence-electron chi connectivity index (χ3n) is 3.36. The third-order valence-corrected chi connectivity index (χ3v) is 3.56.